The molecule has 0 spiro atoms. The van der Waals surface area contributed by atoms with Gasteiger partial charge in [-0.3, -0.25) is 0 Å². The van der Waals surface area contributed by atoms with Crippen molar-refractivity contribution in [3.63, 3.8) is 0 Å². The highest BCUT2D eigenvalue weighted by atomic mass is 79.9. The number of benzene rings is 1. The molecule has 1 aromatic rings. The average molecular weight is 314 g/mol. The highest BCUT2D eigenvalue weighted by Gasteiger charge is 2.24. The minimum absolute atomic E-state index is 0.0921. The molecule has 1 aliphatic rings. The van der Waals surface area contributed by atoms with Crippen molar-refractivity contribution < 1.29 is 0 Å². The zero-order chi connectivity index (χ0) is 12.3. The van der Waals surface area contributed by atoms with Crippen molar-refractivity contribution in [2.45, 2.75) is 31.7 Å². The number of nitrogens with zero attached hydrogens (tertiary/aromatic N) is 1. The Morgan fingerprint density at radius 3 is 2.71 bits per heavy atom. The SMILES string of the molecule is N#CC(Nc1ccc(Cl)c(Br)c1)C1CCCC1. The lowest BCUT2D eigenvalue weighted by atomic mass is 9.99. The van der Waals surface area contributed by atoms with E-state index in [9.17, 15) is 5.26 Å². The van der Waals surface area contributed by atoms with Crippen molar-refractivity contribution in [3.8, 4) is 6.07 Å². The summed E-state index contributed by atoms with van der Waals surface area (Å²) in [6.07, 6.45) is 4.80. The molecule has 0 saturated heterocycles. The molecule has 1 aliphatic carbocycles. The first-order chi connectivity index (χ1) is 8.20. The Hall–Kier alpha value is -0.720. The summed E-state index contributed by atoms with van der Waals surface area (Å²) >= 11 is 9.33. The fourth-order valence-electron chi connectivity index (χ4n) is 2.31. The van der Waals surface area contributed by atoms with E-state index in [0.717, 1.165) is 23.0 Å². The van der Waals surface area contributed by atoms with Crippen LogP contribution in [0.4, 0.5) is 5.69 Å². The van der Waals surface area contributed by atoms with Crippen LogP contribution in [0.3, 0.4) is 0 Å². The molecule has 0 radical (unpaired) electrons. The topological polar surface area (TPSA) is 35.8 Å². The lowest BCUT2D eigenvalue weighted by Gasteiger charge is -2.19. The van der Waals surface area contributed by atoms with E-state index < -0.39 is 0 Å². The van der Waals surface area contributed by atoms with Crippen molar-refractivity contribution in [1.82, 2.24) is 0 Å². The fraction of sp³-hybridized carbons (Fsp3) is 0.462. The monoisotopic (exact) mass is 312 g/mol. The Morgan fingerprint density at radius 2 is 2.12 bits per heavy atom. The third-order valence-corrected chi connectivity index (χ3v) is 4.47. The highest BCUT2D eigenvalue weighted by Crippen LogP contribution is 2.31. The Kier molecular flexibility index (Phi) is 4.31. The smallest absolute Gasteiger partial charge is 0.117 e. The van der Waals surface area contributed by atoms with E-state index in [-0.39, 0.29) is 6.04 Å². The minimum atomic E-state index is -0.0921. The van der Waals surface area contributed by atoms with Crippen LogP contribution in [0.2, 0.25) is 5.02 Å². The lowest BCUT2D eigenvalue weighted by molar-refractivity contribution is 0.519. The van der Waals surface area contributed by atoms with Gasteiger partial charge in [-0.15, -0.1) is 0 Å². The van der Waals surface area contributed by atoms with Gasteiger partial charge >= 0.3 is 0 Å². The van der Waals surface area contributed by atoms with E-state index in [2.05, 4.69) is 27.3 Å². The second kappa shape index (κ2) is 5.75. The molecule has 2 rings (SSSR count). The first-order valence-electron chi connectivity index (χ1n) is 5.82. The number of halogens is 2. The molecule has 1 atom stereocenters. The van der Waals surface area contributed by atoms with Gasteiger partial charge in [0.25, 0.3) is 0 Å². The highest BCUT2D eigenvalue weighted by molar-refractivity contribution is 9.10. The number of nitriles is 1. The number of nitrogens with one attached hydrogen (secondary N) is 1. The van der Waals surface area contributed by atoms with E-state index in [0.29, 0.717) is 10.9 Å². The largest absolute Gasteiger partial charge is 0.370 e. The Balaban J connectivity index is 2.07. The maximum atomic E-state index is 9.22. The Bertz CT molecular complexity index is 436. The zero-order valence-electron chi connectivity index (χ0n) is 9.42. The van der Waals surface area contributed by atoms with E-state index >= 15 is 0 Å². The van der Waals surface area contributed by atoms with E-state index in [1.165, 1.54) is 12.8 Å². The molecule has 0 amide bonds. The number of hydrogen-bond acceptors (Lipinski definition) is 2. The molecule has 1 N–H and O–H groups in total. The molecular weight excluding hydrogens is 300 g/mol. The number of rotatable bonds is 3. The van der Waals surface area contributed by atoms with Crippen LogP contribution in [-0.2, 0) is 0 Å². The summed E-state index contributed by atoms with van der Waals surface area (Å²) in [4.78, 5) is 0. The molecule has 1 saturated carbocycles. The van der Waals surface area contributed by atoms with Crippen molar-refractivity contribution in [2.75, 3.05) is 5.32 Å². The molecule has 90 valence electrons. The van der Waals surface area contributed by atoms with Gasteiger partial charge in [-0.1, -0.05) is 24.4 Å². The Morgan fingerprint density at radius 1 is 1.41 bits per heavy atom. The standard InChI is InChI=1S/C13H14BrClN2/c14-11-7-10(5-6-12(11)15)17-13(8-16)9-3-1-2-4-9/h5-7,9,13,17H,1-4H2. The molecule has 2 nitrogen and oxygen atoms in total. The normalized spacial score (nSPS) is 17.7. The summed E-state index contributed by atoms with van der Waals surface area (Å²) in [7, 11) is 0. The van der Waals surface area contributed by atoms with Crippen LogP contribution in [0.5, 0.6) is 0 Å². The van der Waals surface area contributed by atoms with Crippen molar-refractivity contribution in [3.05, 3.63) is 27.7 Å². The van der Waals surface area contributed by atoms with E-state index in [4.69, 9.17) is 11.6 Å². The summed E-state index contributed by atoms with van der Waals surface area (Å²) in [6, 6.07) is 7.93. The summed E-state index contributed by atoms with van der Waals surface area (Å²) in [5.41, 5.74) is 0.944. The summed E-state index contributed by atoms with van der Waals surface area (Å²) in [6.45, 7) is 0. The predicted octanol–water partition coefficient (Wildman–Crippen LogP) is 4.60. The second-order valence-corrected chi connectivity index (χ2v) is 5.69. The van der Waals surface area contributed by atoms with E-state index in [1.807, 2.05) is 18.2 Å². The lowest BCUT2D eigenvalue weighted by Crippen LogP contribution is -2.25. The van der Waals surface area contributed by atoms with Gasteiger partial charge in [0.15, 0.2) is 0 Å². The summed E-state index contributed by atoms with van der Waals surface area (Å²) in [5, 5.41) is 13.2. The summed E-state index contributed by atoms with van der Waals surface area (Å²) < 4.78 is 0.854. The molecule has 4 heteroatoms. The third-order valence-electron chi connectivity index (χ3n) is 3.25. The zero-order valence-corrected chi connectivity index (χ0v) is 11.8. The van der Waals surface area contributed by atoms with Gasteiger partial charge in [-0.2, -0.15) is 5.26 Å². The molecule has 1 aromatic carbocycles. The maximum Gasteiger partial charge on any atom is 0.117 e. The van der Waals surface area contributed by atoms with Crippen LogP contribution in [0.1, 0.15) is 25.7 Å². The molecule has 0 bridgehead atoms. The maximum absolute atomic E-state index is 9.22. The van der Waals surface area contributed by atoms with Crippen LogP contribution < -0.4 is 5.32 Å². The predicted molar refractivity (Wildman–Crippen MR) is 74.1 cm³/mol. The third kappa shape index (κ3) is 3.14. The van der Waals surface area contributed by atoms with Crippen molar-refractivity contribution in [2.24, 2.45) is 5.92 Å². The Labute approximate surface area is 115 Å². The van der Waals surface area contributed by atoms with Gasteiger partial charge in [0, 0.05) is 10.2 Å². The first-order valence-corrected chi connectivity index (χ1v) is 6.99. The minimum Gasteiger partial charge on any atom is -0.370 e. The molecule has 1 fully saturated rings. The van der Waals surface area contributed by atoms with Gasteiger partial charge in [0.05, 0.1) is 11.1 Å². The van der Waals surface area contributed by atoms with Gasteiger partial charge in [0.2, 0.25) is 0 Å². The van der Waals surface area contributed by atoms with Crippen LogP contribution in [0.25, 0.3) is 0 Å². The van der Waals surface area contributed by atoms with Crippen LogP contribution >= 0.6 is 27.5 Å². The molecule has 1 unspecified atom stereocenters. The fourth-order valence-corrected chi connectivity index (χ4v) is 2.81. The van der Waals surface area contributed by atoms with Crippen LogP contribution in [0, 0.1) is 17.2 Å². The van der Waals surface area contributed by atoms with Gasteiger partial charge in [-0.05, 0) is 52.9 Å². The molecule has 0 heterocycles. The van der Waals surface area contributed by atoms with Crippen molar-refractivity contribution in [1.29, 1.82) is 5.26 Å². The van der Waals surface area contributed by atoms with E-state index in [1.54, 1.807) is 0 Å². The van der Waals surface area contributed by atoms with Crippen molar-refractivity contribution >= 4 is 33.2 Å². The number of anilines is 1. The van der Waals surface area contributed by atoms with Crippen LogP contribution in [-0.4, -0.2) is 6.04 Å². The molecular formula is C13H14BrClN2. The van der Waals surface area contributed by atoms with Crippen LogP contribution in [0.15, 0.2) is 22.7 Å². The molecule has 0 aromatic heterocycles. The average Bonchev–Trinajstić information content (AvgIpc) is 2.84. The van der Waals surface area contributed by atoms with Gasteiger partial charge in [0.1, 0.15) is 6.04 Å². The summed E-state index contributed by atoms with van der Waals surface area (Å²) in [5.74, 6) is 0.481. The quantitative estimate of drug-likeness (QED) is 0.885. The van der Waals surface area contributed by atoms with Gasteiger partial charge in [-0.25, -0.2) is 0 Å². The molecule has 17 heavy (non-hydrogen) atoms. The number of hydrogen-bond donors (Lipinski definition) is 1. The first kappa shape index (κ1) is 12.7. The second-order valence-electron chi connectivity index (χ2n) is 4.42. The molecule has 0 aliphatic heterocycles. The van der Waals surface area contributed by atoms with Gasteiger partial charge < -0.3 is 5.32 Å².